The lowest BCUT2D eigenvalue weighted by Gasteiger charge is -2.28. The maximum Gasteiger partial charge on any atom is 0.243 e. The van der Waals surface area contributed by atoms with E-state index in [9.17, 15) is 14.7 Å². The molecule has 2 aromatic heterocycles. The van der Waals surface area contributed by atoms with Gasteiger partial charge in [0.2, 0.25) is 11.8 Å². The summed E-state index contributed by atoms with van der Waals surface area (Å²) in [5, 5.41) is 21.0. The molecule has 2 N–H and O–H groups in total. The first-order valence-corrected chi connectivity index (χ1v) is 12.4. The van der Waals surface area contributed by atoms with Gasteiger partial charge in [-0.3, -0.25) is 9.59 Å². The number of carbonyl (C=O) groups is 2. The number of amides is 2. The maximum absolute atomic E-state index is 13.4. The van der Waals surface area contributed by atoms with E-state index in [4.69, 9.17) is 9.05 Å². The third-order valence-corrected chi connectivity index (χ3v) is 6.23. The highest BCUT2D eigenvalue weighted by Crippen LogP contribution is 2.31. The monoisotopic (exact) mass is 496 g/mol. The first-order chi connectivity index (χ1) is 17.2. The molecule has 0 aliphatic carbocycles. The minimum absolute atomic E-state index is 0.0612. The number of rotatable bonds is 7. The number of hydrogen-bond donors (Lipinski definition) is 2. The summed E-state index contributed by atoms with van der Waals surface area (Å²) in [6.45, 7) is 11.9. The Hall–Kier alpha value is -3.46. The second-order valence-electron chi connectivity index (χ2n) is 9.22. The van der Waals surface area contributed by atoms with Gasteiger partial charge in [-0.15, -0.1) is 0 Å². The molecule has 3 unspecified atom stereocenters. The van der Waals surface area contributed by atoms with Crippen molar-refractivity contribution < 1.29 is 23.7 Å². The van der Waals surface area contributed by atoms with Crippen molar-refractivity contribution in [3.63, 3.8) is 0 Å². The van der Waals surface area contributed by atoms with Crippen molar-refractivity contribution in [3.8, 4) is 11.1 Å². The fourth-order valence-electron chi connectivity index (χ4n) is 4.43. The zero-order valence-corrected chi connectivity index (χ0v) is 21.8. The molecule has 0 radical (unpaired) electrons. The molecule has 36 heavy (non-hydrogen) atoms. The predicted octanol–water partition coefficient (Wildman–Crippen LogP) is 3.99. The van der Waals surface area contributed by atoms with Crippen LogP contribution in [0.25, 0.3) is 11.1 Å². The van der Waals surface area contributed by atoms with Gasteiger partial charge in [-0.1, -0.05) is 62.3 Å². The first kappa shape index (κ1) is 27.1. The van der Waals surface area contributed by atoms with Gasteiger partial charge in [0, 0.05) is 31.1 Å². The molecule has 1 aliphatic heterocycles. The number of nitrogens with zero attached hydrogens (tertiary/aromatic N) is 3. The minimum atomic E-state index is -0.755. The molecule has 9 heteroatoms. The second-order valence-corrected chi connectivity index (χ2v) is 9.22. The van der Waals surface area contributed by atoms with Gasteiger partial charge in [-0.2, -0.15) is 0 Å². The van der Waals surface area contributed by atoms with Gasteiger partial charge in [0.1, 0.15) is 24.0 Å². The smallest absolute Gasteiger partial charge is 0.243 e. The van der Waals surface area contributed by atoms with Crippen LogP contribution < -0.4 is 5.32 Å². The van der Waals surface area contributed by atoms with Crippen LogP contribution in [0.5, 0.6) is 0 Å². The van der Waals surface area contributed by atoms with Gasteiger partial charge in [0.25, 0.3) is 0 Å². The summed E-state index contributed by atoms with van der Waals surface area (Å²) in [7, 11) is 0. The van der Waals surface area contributed by atoms with E-state index in [2.05, 4.69) is 15.6 Å². The Morgan fingerprint density at radius 3 is 2.42 bits per heavy atom. The topological polar surface area (TPSA) is 122 Å². The van der Waals surface area contributed by atoms with Crippen LogP contribution in [-0.2, 0) is 16.1 Å². The molecule has 194 valence electrons. The maximum atomic E-state index is 13.4. The molecule has 3 heterocycles. The van der Waals surface area contributed by atoms with Crippen LogP contribution in [0, 0.1) is 19.8 Å². The highest BCUT2D eigenvalue weighted by atomic mass is 16.5. The summed E-state index contributed by atoms with van der Waals surface area (Å²) in [6, 6.07) is 8.75. The number of aliphatic hydroxyl groups is 1. The van der Waals surface area contributed by atoms with E-state index >= 15 is 0 Å². The summed E-state index contributed by atoms with van der Waals surface area (Å²) >= 11 is 0. The zero-order valence-electron chi connectivity index (χ0n) is 21.8. The lowest BCUT2D eigenvalue weighted by atomic mass is 9.91. The van der Waals surface area contributed by atoms with Gasteiger partial charge < -0.3 is 24.4 Å². The third kappa shape index (κ3) is 6.02. The SMILES string of the molecule is CC.Cc1cc(C(C(=O)N2CC(O)CC2C(=O)NCc2ccc(-c3conc3C)cc2)C(C)C)on1. The van der Waals surface area contributed by atoms with E-state index in [1.807, 2.05) is 58.9 Å². The molecule has 4 rings (SSSR count). The average Bonchev–Trinajstić information content (AvgIpc) is 3.59. The Morgan fingerprint density at radius 2 is 1.86 bits per heavy atom. The number of nitrogens with one attached hydrogen (secondary N) is 1. The standard InChI is InChI=1S/C25H30N4O5.C2H6/c1-14(2)23(22-9-15(3)27-34-22)25(32)29-12-19(30)10-21(29)24(31)26-11-17-5-7-18(8-6-17)20-13-33-28-16(20)4;1-2/h5-9,13-14,19,21,23,30H,10-12H2,1-4H3,(H,26,31);1-2H3. The number of aromatic nitrogens is 2. The van der Waals surface area contributed by atoms with E-state index in [-0.39, 0.29) is 30.7 Å². The van der Waals surface area contributed by atoms with Crippen LogP contribution >= 0.6 is 0 Å². The summed E-state index contributed by atoms with van der Waals surface area (Å²) < 4.78 is 10.4. The molecule has 3 aromatic rings. The molecule has 3 atom stereocenters. The van der Waals surface area contributed by atoms with Crippen molar-refractivity contribution >= 4 is 11.8 Å². The van der Waals surface area contributed by atoms with Crippen LogP contribution in [0.2, 0.25) is 0 Å². The lowest BCUT2D eigenvalue weighted by Crippen LogP contribution is -2.48. The number of aryl methyl sites for hydroxylation is 2. The summed E-state index contributed by atoms with van der Waals surface area (Å²) in [5.74, 6) is -0.693. The Labute approximate surface area is 211 Å². The Morgan fingerprint density at radius 1 is 1.17 bits per heavy atom. The zero-order chi connectivity index (χ0) is 26.4. The molecule has 1 fully saturated rings. The van der Waals surface area contributed by atoms with E-state index in [0.29, 0.717) is 18.0 Å². The molecular formula is C27H36N4O5. The number of likely N-dealkylation sites (tertiary alicyclic amines) is 1. The van der Waals surface area contributed by atoms with Crippen molar-refractivity contribution in [3.05, 3.63) is 59.3 Å². The molecule has 2 amide bonds. The van der Waals surface area contributed by atoms with Gasteiger partial charge in [0.15, 0.2) is 0 Å². The van der Waals surface area contributed by atoms with Crippen LogP contribution in [0.15, 0.2) is 45.6 Å². The van der Waals surface area contributed by atoms with Crippen molar-refractivity contribution in [1.29, 1.82) is 0 Å². The second kappa shape index (κ2) is 12.0. The largest absolute Gasteiger partial charge is 0.391 e. The average molecular weight is 497 g/mol. The molecule has 0 saturated carbocycles. The van der Waals surface area contributed by atoms with Gasteiger partial charge in [0.05, 0.1) is 17.5 Å². The fourth-order valence-corrected chi connectivity index (χ4v) is 4.43. The molecule has 0 spiro atoms. The lowest BCUT2D eigenvalue weighted by molar-refractivity contribution is -0.141. The molecule has 0 bridgehead atoms. The molecule has 9 nitrogen and oxygen atoms in total. The normalized spacial score (nSPS) is 18.1. The van der Waals surface area contributed by atoms with Gasteiger partial charge in [-0.25, -0.2) is 0 Å². The number of aliphatic hydroxyl groups excluding tert-OH is 1. The van der Waals surface area contributed by atoms with Crippen LogP contribution in [0.3, 0.4) is 0 Å². The quantitative estimate of drug-likeness (QED) is 0.507. The van der Waals surface area contributed by atoms with Crippen molar-refractivity contribution in [2.24, 2.45) is 5.92 Å². The van der Waals surface area contributed by atoms with E-state index in [1.54, 1.807) is 19.3 Å². The van der Waals surface area contributed by atoms with E-state index < -0.39 is 18.1 Å². The van der Waals surface area contributed by atoms with Crippen molar-refractivity contribution in [2.75, 3.05) is 6.54 Å². The minimum Gasteiger partial charge on any atom is -0.391 e. The molecular weight excluding hydrogens is 460 g/mol. The van der Waals surface area contributed by atoms with Crippen LogP contribution in [-0.4, -0.2) is 50.8 Å². The number of benzene rings is 1. The van der Waals surface area contributed by atoms with Crippen LogP contribution in [0.1, 0.15) is 62.7 Å². The summed E-state index contributed by atoms with van der Waals surface area (Å²) in [6.07, 6.45) is 1.05. The summed E-state index contributed by atoms with van der Waals surface area (Å²) in [4.78, 5) is 28.0. The summed E-state index contributed by atoms with van der Waals surface area (Å²) in [5.41, 5.74) is 4.32. The van der Waals surface area contributed by atoms with E-state index in [0.717, 1.165) is 22.4 Å². The molecule has 1 saturated heterocycles. The highest BCUT2D eigenvalue weighted by molar-refractivity contribution is 5.91. The molecule has 1 aliphatic rings. The number of hydrogen-bond acceptors (Lipinski definition) is 7. The Balaban J connectivity index is 0.00000176. The van der Waals surface area contributed by atoms with Gasteiger partial charge in [-0.05, 0) is 30.9 Å². The number of carbonyl (C=O) groups excluding carboxylic acids is 2. The Bertz CT molecular complexity index is 1150. The van der Waals surface area contributed by atoms with Crippen molar-refractivity contribution in [2.45, 2.75) is 72.6 Å². The van der Waals surface area contributed by atoms with E-state index in [1.165, 1.54) is 4.90 Å². The van der Waals surface area contributed by atoms with Gasteiger partial charge >= 0.3 is 0 Å². The first-order valence-electron chi connectivity index (χ1n) is 12.4. The third-order valence-electron chi connectivity index (χ3n) is 6.23. The van der Waals surface area contributed by atoms with Crippen LogP contribution in [0.4, 0.5) is 0 Å². The van der Waals surface area contributed by atoms with Crippen molar-refractivity contribution in [1.82, 2.24) is 20.5 Å². The highest BCUT2D eigenvalue weighted by Gasteiger charge is 2.43. The Kier molecular flexibility index (Phi) is 9.03. The molecule has 1 aromatic carbocycles. The fraction of sp³-hybridized carbons (Fsp3) is 0.481. The predicted molar refractivity (Wildman–Crippen MR) is 135 cm³/mol. The number of β-amino-alcohol motifs (C(OH)–C–C–N with tert-alkyl or cyclic N) is 1.